The third kappa shape index (κ3) is 4.44. The van der Waals surface area contributed by atoms with E-state index in [0.717, 1.165) is 82.9 Å². The van der Waals surface area contributed by atoms with E-state index in [1.54, 1.807) is 0 Å². The Kier molecular flexibility index (Phi) is 7.10. The number of pyridine rings is 3. The zero-order valence-corrected chi connectivity index (χ0v) is 32.4. The van der Waals surface area contributed by atoms with Gasteiger partial charge in [0.25, 0.3) is 0 Å². The van der Waals surface area contributed by atoms with Crippen LogP contribution in [0.1, 0.15) is 0 Å². The molecule has 58 heavy (non-hydrogen) atoms. The summed E-state index contributed by atoms with van der Waals surface area (Å²) >= 11 is 0. The van der Waals surface area contributed by atoms with Crippen molar-refractivity contribution in [3.63, 3.8) is 0 Å². The molecule has 0 amide bonds. The fourth-order valence-electron chi connectivity index (χ4n) is 9.47. The van der Waals surface area contributed by atoms with Crippen LogP contribution in [0.5, 0.6) is 0 Å². The normalized spacial score (nSPS) is 12.0. The minimum atomic E-state index is 0. The van der Waals surface area contributed by atoms with Crippen molar-refractivity contribution in [3.8, 4) is 17.2 Å². The van der Waals surface area contributed by atoms with Gasteiger partial charge in [0.15, 0.2) is 6.20 Å². The summed E-state index contributed by atoms with van der Waals surface area (Å²) < 4.78 is 9.17. The van der Waals surface area contributed by atoms with Crippen molar-refractivity contribution in [3.05, 3.63) is 194 Å². The van der Waals surface area contributed by atoms with E-state index >= 15 is 0 Å². The number of nitrogens with zero attached hydrogens (tertiary/aromatic N) is 5. The molecule has 0 radical (unpaired) electrons. The molecule has 13 rings (SSSR count). The van der Waals surface area contributed by atoms with Crippen molar-refractivity contribution in [1.82, 2.24) is 18.7 Å². The number of hydrogen-bond acceptors (Lipinski definition) is 1. The SMILES string of the molecule is [Pd].[c-]1c(-n2c3[c-]c4c(cc3c3ccccc32)c2ccccc2c2ccc[c-][n+]42)ccc2c3ccc4c(c5ccccc5n4-c4ccccc4)c3n(-c3ccccn3)c12. The van der Waals surface area contributed by atoms with Crippen molar-refractivity contribution < 1.29 is 24.8 Å². The molecule has 0 aliphatic heterocycles. The summed E-state index contributed by atoms with van der Waals surface area (Å²) in [4.78, 5) is 4.97. The zero-order valence-electron chi connectivity index (χ0n) is 30.8. The van der Waals surface area contributed by atoms with Crippen LogP contribution in [0.3, 0.4) is 0 Å². The molecular weight excluding hydrogens is 801 g/mol. The summed E-state index contributed by atoms with van der Waals surface area (Å²) in [6.45, 7) is 0. The third-order valence-electron chi connectivity index (χ3n) is 11.8. The molecule has 6 heteroatoms. The standard InChI is InChI=1S/C52H29N5.Pd/c1-2-14-33(15-3-1)55-45-22-9-7-19-40(45)51-46(55)27-26-39-38-25-24-34(30-48(38)57(52(39)51)50-23-10-12-28-53-50)56-44-21-8-6-18-37(44)42-31-41-35-16-4-5-17-36(35)43-20-11-13-29-54(43)47(41)32-49(42)56;/h1-28,31H;/q-2;. The quantitative estimate of drug-likeness (QED) is 0.0755. The molecular formula is C52H29N5Pd-2. The molecule has 6 aromatic heterocycles. The maximum absolute atomic E-state index is 4.97. The second kappa shape index (κ2) is 12.5. The molecule has 0 aliphatic rings. The Bertz CT molecular complexity index is 3800. The monoisotopic (exact) mass is 829 g/mol. The van der Waals surface area contributed by atoms with Gasteiger partial charge in [-0.3, -0.25) is 4.40 Å². The van der Waals surface area contributed by atoms with Crippen LogP contribution < -0.4 is 4.40 Å². The minimum absolute atomic E-state index is 0. The number of para-hydroxylation sites is 3. The number of rotatable bonds is 3. The second-order valence-electron chi connectivity index (χ2n) is 14.7. The van der Waals surface area contributed by atoms with Crippen molar-refractivity contribution in [1.29, 1.82) is 0 Å². The molecule has 7 aromatic carbocycles. The molecule has 0 saturated heterocycles. The van der Waals surface area contributed by atoms with Crippen LogP contribution in [0.4, 0.5) is 0 Å². The fraction of sp³-hybridized carbons (Fsp3) is 0. The Morgan fingerprint density at radius 3 is 2.00 bits per heavy atom. The smallest absolute Gasteiger partial charge is 0.150 e. The van der Waals surface area contributed by atoms with Crippen LogP contribution in [0.15, 0.2) is 176 Å². The molecule has 6 heterocycles. The average molecular weight is 830 g/mol. The van der Waals surface area contributed by atoms with Crippen LogP contribution in [-0.2, 0) is 20.4 Å². The van der Waals surface area contributed by atoms with Crippen LogP contribution in [-0.4, -0.2) is 18.7 Å². The van der Waals surface area contributed by atoms with E-state index in [-0.39, 0.29) is 20.4 Å². The second-order valence-corrected chi connectivity index (χ2v) is 14.7. The Morgan fingerprint density at radius 2 is 1.17 bits per heavy atom. The summed E-state index contributed by atoms with van der Waals surface area (Å²) in [5.41, 5.74) is 10.6. The maximum atomic E-state index is 4.97. The first-order valence-electron chi connectivity index (χ1n) is 19.2. The van der Waals surface area contributed by atoms with Gasteiger partial charge in [-0.1, -0.05) is 125 Å². The number of fused-ring (bicyclic) bond motifs is 16. The molecule has 0 spiro atoms. The zero-order chi connectivity index (χ0) is 37.2. The van der Waals surface area contributed by atoms with E-state index < -0.39 is 0 Å². The average Bonchev–Trinajstić information content (AvgIpc) is 3.91. The topological polar surface area (TPSA) is 31.8 Å². The van der Waals surface area contributed by atoms with E-state index in [1.807, 2.05) is 18.3 Å². The van der Waals surface area contributed by atoms with E-state index in [1.165, 1.54) is 26.9 Å². The van der Waals surface area contributed by atoms with Gasteiger partial charge in [-0.25, -0.2) is 4.98 Å². The summed E-state index contributed by atoms with van der Waals surface area (Å²) in [7, 11) is 0. The van der Waals surface area contributed by atoms with Gasteiger partial charge in [-0.2, -0.15) is 12.1 Å². The predicted molar refractivity (Wildman–Crippen MR) is 232 cm³/mol. The molecule has 13 aromatic rings. The van der Waals surface area contributed by atoms with Crippen LogP contribution in [0.25, 0.3) is 110 Å². The van der Waals surface area contributed by atoms with Crippen molar-refractivity contribution in [2.75, 3.05) is 0 Å². The van der Waals surface area contributed by atoms with Gasteiger partial charge in [0.05, 0.1) is 16.6 Å². The molecule has 0 fully saturated rings. The summed E-state index contributed by atoms with van der Waals surface area (Å²) in [5.74, 6) is 0.847. The van der Waals surface area contributed by atoms with Crippen LogP contribution in [0.2, 0.25) is 0 Å². The molecule has 0 saturated carbocycles. The predicted octanol–water partition coefficient (Wildman–Crippen LogP) is 11.8. The van der Waals surface area contributed by atoms with Crippen molar-refractivity contribution >= 4 is 92.6 Å². The molecule has 5 nitrogen and oxygen atoms in total. The molecule has 0 unspecified atom stereocenters. The van der Waals surface area contributed by atoms with Crippen molar-refractivity contribution in [2.45, 2.75) is 0 Å². The summed E-state index contributed by atoms with van der Waals surface area (Å²) in [5, 5.41) is 10.5. The summed E-state index contributed by atoms with van der Waals surface area (Å²) in [6, 6.07) is 68.3. The van der Waals surface area contributed by atoms with Gasteiger partial charge >= 0.3 is 0 Å². The summed E-state index contributed by atoms with van der Waals surface area (Å²) in [6.07, 6.45) is 5.38. The van der Waals surface area contributed by atoms with Gasteiger partial charge in [0, 0.05) is 54.1 Å². The maximum Gasteiger partial charge on any atom is 0.150 e. The Hall–Kier alpha value is -7.10. The number of hydrogen-bond donors (Lipinski definition) is 0. The Balaban J connectivity index is 0.00000366. The van der Waals surface area contributed by atoms with Crippen LogP contribution >= 0.6 is 0 Å². The van der Waals surface area contributed by atoms with Gasteiger partial charge in [0.1, 0.15) is 11.3 Å². The third-order valence-corrected chi connectivity index (χ3v) is 11.8. The van der Waals surface area contributed by atoms with E-state index in [9.17, 15) is 0 Å². The van der Waals surface area contributed by atoms with Gasteiger partial charge in [-0.05, 0) is 58.6 Å². The molecule has 274 valence electrons. The first-order chi connectivity index (χ1) is 28.3. The number of benzene rings is 7. The van der Waals surface area contributed by atoms with Gasteiger partial charge in [-0.15, -0.1) is 40.4 Å². The van der Waals surface area contributed by atoms with Gasteiger partial charge < -0.3 is 13.7 Å². The first kappa shape index (κ1) is 33.1. The van der Waals surface area contributed by atoms with E-state index in [2.05, 4.69) is 194 Å². The molecule has 0 bridgehead atoms. The van der Waals surface area contributed by atoms with Gasteiger partial charge in [0.2, 0.25) is 0 Å². The van der Waals surface area contributed by atoms with Crippen LogP contribution in [0, 0.1) is 18.3 Å². The number of aromatic nitrogens is 5. The first-order valence-corrected chi connectivity index (χ1v) is 19.2. The van der Waals surface area contributed by atoms with E-state index in [4.69, 9.17) is 4.98 Å². The molecule has 0 aliphatic carbocycles. The molecule has 0 N–H and O–H groups in total. The van der Waals surface area contributed by atoms with Crippen molar-refractivity contribution in [2.24, 2.45) is 0 Å². The minimum Gasteiger partial charge on any atom is -0.359 e. The molecule has 0 atom stereocenters. The largest absolute Gasteiger partial charge is 0.359 e. The Morgan fingerprint density at radius 1 is 0.466 bits per heavy atom. The Labute approximate surface area is 345 Å². The fourth-order valence-corrected chi connectivity index (χ4v) is 9.47. The van der Waals surface area contributed by atoms with E-state index in [0.29, 0.717) is 0 Å².